The minimum Gasteiger partial charge on any atom is -0.497 e. The second-order valence-corrected chi connectivity index (χ2v) is 7.85. The smallest absolute Gasteiger partial charge is 0.280 e. The Hall–Kier alpha value is -4.71. The van der Waals surface area contributed by atoms with Crippen LogP contribution in [0.15, 0.2) is 71.8 Å². The molecule has 12 heteroatoms. The van der Waals surface area contributed by atoms with Crippen molar-refractivity contribution >= 4 is 50.2 Å². The molecule has 0 aliphatic carbocycles. The van der Waals surface area contributed by atoms with Crippen LogP contribution >= 0.6 is 11.3 Å². The lowest BCUT2D eigenvalue weighted by Gasteiger charge is -2.13. The van der Waals surface area contributed by atoms with Gasteiger partial charge in [0.2, 0.25) is 5.13 Å². The lowest BCUT2D eigenvalue weighted by atomic mass is 10.2. The van der Waals surface area contributed by atoms with Gasteiger partial charge in [-0.05, 0) is 48.0 Å². The molecule has 170 valence electrons. The van der Waals surface area contributed by atoms with Gasteiger partial charge in [-0.3, -0.25) is 25.0 Å². The predicted molar refractivity (Wildman–Crippen MR) is 127 cm³/mol. The van der Waals surface area contributed by atoms with Gasteiger partial charge in [-0.1, -0.05) is 11.3 Å². The number of nitro benzene ring substituents is 2. The monoisotopic (exact) mass is 477 g/mol. The van der Waals surface area contributed by atoms with E-state index in [2.05, 4.69) is 10.1 Å². The van der Waals surface area contributed by atoms with Crippen LogP contribution in [0.25, 0.3) is 10.2 Å². The van der Waals surface area contributed by atoms with E-state index < -0.39 is 15.8 Å². The standard InChI is InChI=1S/C22H15N5O6S/c1-33-18-10-11-19-20(12-18)34-22(24-19)25(21(28)15-4-8-17(9-5-15)27(31)32)23-13-14-2-6-16(7-3-14)26(29)30/h2-13H,1H3/b23-13+. The topological polar surface area (TPSA) is 141 Å². The molecule has 0 fully saturated rings. The lowest BCUT2D eigenvalue weighted by Crippen LogP contribution is -2.25. The van der Waals surface area contributed by atoms with Gasteiger partial charge in [-0.25, -0.2) is 4.98 Å². The number of nitrogens with zero attached hydrogens (tertiary/aromatic N) is 5. The van der Waals surface area contributed by atoms with E-state index in [0.717, 1.165) is 9.71 Å². The van der Waals surface area contributed by atoms with Crippen molar-refractivity contribution < 1.29 is 19.4 Å². The second kappa shape index (κ2) is 9.42. The number of fused-ring (bicyclic) bond motifs is 1. The first kappa shape index (κ1) is 22.5. The van der Waals surface area contributed by atoms with Gasteiger partial charge in [0.25, 0.3) is 17.3 Å². The van der Waals surface area contributed by atoms with E-state index in [1.54, 1.807) is 25.3 Å². The highest BCUT2D eigenvalue weighted by molar-refractivity contribution is 7.22. The number of non-ortho nitro benzene ring substituents is 2. The van der Waals surface area contributed by atoms with Crippen LogP contribution in [-0.2, 0) is 0 Å². The first-order chi connectivity index (χ1) is 16.4. The zero-order valence-electron chi connectivity index (χ0n) is 17.5. The highest BCUT2D eigenvalue weighted by atomic mass is 32.1. The molecule has 1 heterocycles. The van der Waals surface area contributed by atoms with Gasteiger partial charge in [-0.2, -0.15) is 10.1 Å². The van der Waals surface area contributed by atoms with E-state index in [1.165, 1.54) is 66.1 Å². The van der Waals surface area contributed by atoms with Crippen molar-refractivity contribution in [1.82, 2.24) is 4.98 Å². The normalized spacial score (nSPS) is 11.0. The summed E-state index contributed by atoms with van der Waals surface area (Å²) < 4.78 is 6.00. The molecule has 1 amide bonds. The molecule has 0 saturated carbocycles. The van der Waals surface area contributed by atoms with Crippen LogP contribution in [0, 0.1) is 20.2 Å². The summed E-state index contributed by atoms with van der Waals surface area (Å²) in [6.45, 7) is 0. The average molecular weight is 477 g/mol. The average Bonchev–Trinajstić information content (AvgIpc) is 3.27. The van der Waals surface area contributed by atoms with Crippen molar-refractivity contribution in [2.24, 2.45) is 5.10 Å². The Morgan fingerprint density at radius 1 is 1.00 bits per heavy atom. The van der Waals surface area contributed by atoms with E-state index in [0.29, 0.717) is 16.8 Å². The van der Waals surface area contributed by atoms with Crippen molar-refractivity contribution in [3.8, 4) is 5.75 Å². The molecule has 0 spiro atoms. The molecule has 3 aromatic carbocycles. The van der Waals surface area contributed by atoms with E-state index in [-0.39, 0.29) is 22.1 Å². The number of benzene rings is 3. The fourth-order valence-electron chi connectivity index (χ4n) is 2.95. The largest absolute Gasteiger partial charge is 0.497 e. The predicted octanol–water partition coefficient (Wildman–Crippen LogP) is 4.80. The number of thiazole rings is 1. The van der Waals surface area contributed by atoms with Crippen molar-refractivity contribution in [2.45, 2.75) is 0 Å². The fraction of sp³-hybridized carbons (Fsp3) is 0.0455. The minimum absolute atomic E-state index is 0.0731. The Kier molecular flexibility index (Phi) is 6.23. The van der Waals surface area contributed by atoms with Crippen LogP contribution in [-0.4, -0.2) is 34.1 Å². The Labute approximate surface area is 195 Å². The molecule has 4 rings (SSSR count). The van der Waals surface area contributed by atoms with Gasteiger partial charge < -0.3 is 4.74 Å². The SMILES string of the molecule is COc1ccc2nc(N(/N=C/c3ccc([N+](=O)[O-])cc3)C(=O)c3ccc([N+](=O)[O-])cc3)sc2c1. The van der Waals surface area contributed by atoms with Crippen molar-refractivity contribution in [3.05, 3.63) is 98.1 Å². The molecular formula is C22H15N5O6S. The maximum Gasteiger partial charge on any atom is 0.280 e. The number of methoxy groups -OCH3 is 1. The molecule has 0 N–H and O–H groups in total. The molecule has 0 aliphatic rings. The molecule has 4 aromatic rings. The molecule has 1 aromatic heterocycles. The highest BCUT2D eigenvalue weighted by Gasteiger charge is 2.22. The van der Waals surface area contributed by atoms with E-state index >= 15 is 0 Å². The summed E-state index contributed by atoms with van der Waals surface area (Å²) in [4.78, 5) is 38.5. The van der Waals surface area contributed by atoms with E-state index in [1.807, 2.05) is 0 Å². The van der Waals surface area contributed by atoms with Crippen LogP contribution < -0.4 is 9.75 Å². The van der Waals surface area contributed by atoms with Crippen LogP contribution in [0.3, 0.4) is 0 Å². The van der Waals surface area contributed by atoms with Crippen molar-refractivity contribution in [3.63, 3.8) is 0 Å². The Morgan fingerprint density at radius 2 is 1.62 bits per heavy atom. The number of hydrogen-bond donors (Lipinski definition) is 0. The van der Waals surface area contributed by atoms with Crippen molar-refractivity contribution in [2.75, 3.05) is 12.1 Å². The number of hydrazone groups is 1. The van der Waals surface area contributed by atoms with E-state index in [4.69, 9.17) is 4.74 Å². The van der Waals surface area contributed by atoms with Crippen LogP contribution in [0.1, 0.15) is 15.9 Å². The van der Waals surface area contributed by atoms with Gasteiger partial charge in [-0.15, -0.1) is 0 Å². The number of nitro groups is 2. The summed E-state index contributed by atoms with van der Waals surface area (Å²) in [5, 5.41) is 27.4. The van der Waals surface area contributed by atoms with Gasteiger partial charge in [0.15, 0.2) is 0 Å². The third-order valence-electron chi connectivity index (χ3n) is 4.71. The Balaban J connectivity index is 1.72. The third-order valence-corrected chi connectivity index (χ3v) is 5.70. The third kappa shape index (κ3) is 4.71. The number of rotatable bonds is 7. The van der Waals surface area contributed by atoms with Crippen LogP contribution in [0.5, 0.6) is 5.75 Å². The minimum atomic E-state index is -0.556. The fourth-order valence-corrected chi connectivity index (χ4v) is 3.90. The maximum absolute atomic E-state index is 13.3. The number of amides is 1. The zero-order valence-corrected chi connectivity index (χ0v) is 18.3. The summed E-state index contributed by atoms with van der Waals surface area (Å²) in [6.07, 6.45) is 1.37. The number of ether oxygens (including phenoxy) is 1. The highest BCUT2D eigenvalue weighted by Crippen LogP contribution is 2.32. The van der Waals surface area contributed by atoms with Gasteiger partial charge >= 0.3 is 0 Å². The maximum atomic E-state index is 13.3. The van der Waals surface area contributed by atoms with Gasteiger partial charge in [0, 0.05) is 29.8 Å². The summed E-state index contributed by atoms with van der Waals surface area (Å²) in [5.41, 5.74) is 1.10. The second-order valence-electron chi connectivity index (χ2n) is 6.84. The molecule has 0 bridgehead atoms. The number of carbonyl (C=O) groups is 1. The summed E-state index contributed by atoms with van der Waals surface area (Å²) in [6, 6.07) is 16.1. The van der Waals surface area contributed by atoms with E-state index in [9.17, 15) is 25.0 Å². The summed E-state index contributed by atoms with van der Waals surface area (Å²) in [7, 11) is 1.54. The zero-order chi connectivity index (χ0) is 24.2. The first-order valence-electron chi connectivity index (χ1n) is 9.67. The Morgan fingerprint density at radius 3 is 2.21 bits per heavy atom. The first-order valence-corrected chi connectivity index (χ1v) is 10.5. The summed E-state index contributed by atoms with van der Waals surface area (Å²) >= 11 is 1.21. The van der Waals surface area contributed by atoms with Crippen LogP contribution in [0.4, 0.5) is 16.5 Å². The molecular weight excluding hydrogens is 462 g/mol. The molecule has 11 nitrogen and oxygen atoms in total. The quantitative estimate of drug-likeness (QED) is 0.211. The molecule has 34 heavy (non-hydrogen) atoms. The molecule has 0 unspecified atom stereocenters. The Bertz CT molecular complexity index is 1420. The number of hydrogen-bond acceptors (Lipinski definition) is 9. The molecule has 0 aliphatic heterocycles. The molecule has 0 saturated heterocycles. The van der Waals surface area contributed by atoms with Gasteiger partial charge in [0.05, 0.1) is 33.4 Å². The number of aromatic nitrogens is 1. The molecule has 0 radical (unpaired) electrons. The number of carbonyl (C=O) groups excluding carboxylic acids is 1. The van der Waals surface area contributed by atoms with Gasteiger partial charge in [0.1, 0.15) is 5.75 Å². The molecule has 0 atom stereocenters. The number of anilines is 1. The summed E-state index contributed by atoms with van der Waals surface area (Å²) in [5.74, 6) is 0.0735. The van der Waals surface area contributed by atoms with Crippen molar-refractivity contribution in [1.29, 1.82) is 0 Å². The van der Waals surface area contributed by atoms with Crippen LogP contribution in [0.2, 0.25) is 0 Å². The lowest BCUT2D eigenvalue weighted by molar-refractivity contribution is -0.385.